The monoisotopic (exact) mass is 864 g/mol. The van der Waals surface area contributed by atoms with E-state index in [1.807, 2.05) is 0 Å². The summed E-state index contributed by atoms with van der Waals surface area (Å²) >= 11 is 0. The average Bonchev–Trinajstić information content (AvgIpc) is 3.24. The van der Waals surface area contributed by atoms with Crippen LogP contribution < -0.4 is 16.1 Å². The van der Waals surface area contributed by atoms with Crippen molar-refractivity contribution >= 4 is 35.3 Å². The first-order valence-electron chi connectivity index (χ1n) is 21.3. The number of fused-ring (bicyclic) bond motifs is 2. The van der Waals surface area contributed by atoms with Crippen LogP contribution in [0.3, 0.4) is 0 Å². The molecule has 0 aromatic heterocycles. The molecule has 338 valence electrons. The predicted octanol–water partition coefficient (Wildman–Crippen LogP) is 3.89. The molecule has 16 heteroatoms. The summed E-state index contributed by atoms with van der Waals surface area (Å²) in [6.07, 6.45) is 9.78. The minimum absolute atomic E-state index is 0.0716. The van der Waals surface area contributed by atoms with Gasteiger partial charge in [-0.05, 0) is 87.6 Å². The highest BCUT2D eigenvalue weighted by atomic mass is 19.1. The number of hydrogen-bond donors (Lipinski definition) is 6. The van der Waals surface area contributed by atoms with E-state index in [9.17, 15) is 48.5 Å². The number of halogens is 1. The second-order valence-corrected chi connectivity index (χ2v) is 16.5. The van der Waals surface area contributed by atoms with Gasteiger partial charge in [0.25, 0.3) is 5.91 Å². The largest absolute Gasteiger partial charge is 0.508 e. The van der Waals surface area contributed by atoms with Crippen LogP contribution in [0.5, 0.6) is 5.75 Å². The number of rotatable bonds is 9. The Bertz CT molecular complexity index is 1910. The molecule has 6 N–H and O–H groups in total. The summed E-state index contributed by atoms with van der Waals surface area (Å²) in [5.74, 6) is -7.73. The second-order valence-electron chi connectivity index (χ2n) is 16.5. The summed E-state index contributed by atoms with van der Waals surface area (Å²) in [4.78, 5) is 80.7. The molecule has 9 atom stereocenters. The number of nitrogens with zero attached hydrogens (tertiary/aromatic N) is 1. The Morgan fingerprint density at radius 3 is 2.44 bits per heavy atom. The fraction of sp³-hybridized carbons (Fsp3) is 0.543. The van der Waals surface area contributed by atoms with E-state index in [2.05, 4.69) is 21.8 Å². The molecule has 1 aromatic carbocycles. The number of nitrogens with one attached hydrogen (secondary N) is 3. The van der Waals surface area contributed by atoms with Crippen molar-refractivity contribution in [3.63, 3.8) is 0 Å². The number of aliphatic hydroxyl groups excluding tert-OH is 2. The van der Waals surface area contributed by atoms with Crippen molar-refractivity contribution in [1.82, 2.24) is 21.1 Å². The molecular weight excluding hydrogens is 804 g/mol. The molecule has 0 saturated carbocycles. The van der Waals surface area contributed by atoms with Crippen molar-refractivity contribution in [3.05, 3.63) is 83.4 Å². The minimum Gasteiger partial charge on any atom is -0.508 e. The van der Waals surface area contributed by atoms with Gasteiger partial charge >= 0.3 is 5.97 Å². The lowest BCUT2D eigenvalue weighted by atomic mass is 9.84. The number of phenols is 1. The van der Waals surface area contributed by atoms with Gasteiger partial charge in [0.1, 0.15) is 47.7 Å². The van der Waals surface area contributed by atoms with Crippen LogP contribution in [-0.2, 0) is 38.2 Å². The highest BCUT2D eigenvalue weighted by Gasteiger charge is 2.39. The third kappa shape index (κ3) is 14.4. The van der Waals surface area contributed by atoms with Crippen molar-refractivity contribution in [2.75, 3.05) is 13.2 Å². The van der Waals surface area contributed by atoms with E-state index < -0.39 is 95.6 Å². The highest BCUT2D eigenvalue weighted by Crippen LogP contribution is 2.27. The SMILES string of the molecule is CC(=O)CC[C@H]1C(=O)N[C@@H](C(C)C)C(=O)NC(c2cc(O)cc(F)c2)C(=O)N2CCCC(N2)C(=O)O[C@H](/C(C)=C/C=C=CC(=O)C2CCCCO2)C/C=C/C=C/[C@H](O)[C@H](C)[C@H]1O. The van der Waals surface area contributed by atoms with E-state index >= 15 is 0 Å². The molecule has 2 saturated heterocycles. The molecule has 1 aromatic rings. The van der Waals surface area contributed by atoms with Gasteiger partial charge in [0.05, 0.1) is 18.1 Å². The molecule has 2 bridgehead atoms. The van der Waals surface area contributed by atoms with Gasteiger partial charge in [0.15, 0.2) is 5.78 Å². The number of phenolic OH excluding ortho intramolecular Hbond substituents is 1. The second kappa shape index (κ2) is 23.8. The molecule has 4 rings (SSSR count). The summed E-state index contributed by atoms with van der Waals surface area (Å²) in [7, 11) is 0. The average molecular weight is 865 g/mol. The zero-order chi connectivity index (χ0) is 45.5. The molecule has 2 fully saturated rings. The van der Waals surface area contributed by atoms with Crippen molar-refractivity contribution in [3.8, 4) is 5.75 Å². The number of ether oxygens (including phenoxy) is 2. The molecule has 3 aliphatic heterocycles. The Hall–Kier alpha value is -5.25. The molecule has 0 spiro atoms. The number of aliphatic hydroxyl groups is 2. The van der Waals surface area contributed by atoms with Crippen molar-refractivity contribution in [1.29, 1.82) is 0 Å². The minimum atomic E-state index is -1.62. The molecule has 0 radical (unpaired) electrons. The van der Waals surface area contributed by atoms with E-state index in [-0.39, 0.29) is 49.4 Å². The molecule has 0 aliphatic carbocycles. The van der Waals surface area contributed by atoms with Gasteiger partial charge in [-0.2, -0.15) is 0 Å². The quantitative estimate of drug-likeness (QED) is 0.0902. The molecule has 3 heterocycles. The Morgan fingerprint density at radius 1 is 1.00 bits per heavy atom. The zero-order valence-corrected chi connectivity index (χ0v) is 36.1. The number of hydrazine groups is 1. The maximum atomic E-state index is 14.7. The van der Waals surface area contributed by atoms with Gasteiger partial charge in [0, 0.05) is 44.1 Å². The molecule has 3 amide bonds. The number of amides is 3. The fourth-order valence-electron chi connectivity index (χ4n) is 7.39. The number of esters is 1. The van der Waals surface area contributed by atoms with Crippen LogP contribution in [0.15, 0.2) is 72.0 Å². The standard InChI is InChI=1S/C46H61FN4O11/c1-27(2)40-44(58)49-41(31-24-32(47)26-33(53)25-31)45(59)51-22-13-15-35(50-51)46(60)62-38(28(3)14-9-10-17-37(55)39-19-11-12-23-61-39)18-8-6-7-16-36(54)30(5)42(56)34(43(57)48-40)21-20-29(4)52/h6-9,14,16-17,24-27,30,34-36,38-42,50,53-54,56H,11-13,15,18-23H2,1-5H3,(H,48,57)(H,49,58)/b8-6+,16-7+,28-14+/t10?,30-,34+,35?,36-,38-,39?,40-,41?,42+/m0/s1. The Kier molecular flexibility index (Phi) is 19.0. The van der Waals surface area contributed by atoms with Gasteiger partial charge in [0.2, 0.25) is 11.8 Å². The number of allylic oxidation sites excluding steroid dienone is 3. The first kappa shape index (κ1) is 49.4. The number of cyclic esters (lactones) is 1. The normalized spacial score (nSPS) is 29.7. The van der Waals surface area contributed by atoms with E-state index in [1.54, 1.807) is 45.1 Å². The first-order valence-corrected chi connectivity index (χ1v) is 21.3. The number of carbonyl (C=O) groups excluding carboxylic acids is 6. The molecule has 62 heavy (non-hydrogen) atoms. The lowest BCUT2D eigenvalue weighted by molar-refractivity contribution is -0.156. The lowest BCUT2D eigenvalue weighted by Crippen LogP contribution is -2.59. The van der Waals surface area contributed by atoms with Gasteiger partial charge in [-0.15, -0.1) is 5.73 Å². The van der Waals surface area contributed by atoms with E-state index in [1.165, 1.54) is 32.1 Å². The Balaban J connectivity index is 1.73. The third-order valence-corrected chi connectivity index (χ3v) is 11.2. The number of carbonyl (C=O) groups is 6. The van der Waals surface area contributed by atoms with Crippen LogP contribution in [0, 0.1) is 23.6 Å². The number of Topliss-reactive ketones (excluding diaryl/α,β-unsaturated/α-hetero) is 1. The van der Waals surface area contributed by atoms with Crippen LogP contribution in [0.25, 0.3) is 0 Å². The van der Waals surface area contributed by atoms with Gasteiger partial charge < -0.3 is 40.2 Å². The Morgan fingerprint density at radius 2 is 1.76 bits per heavy atom. The van der Waals surface area contributed by atoms with Crippen LogP contribution >= 0.6 is 0 Å². The van der Waals surface area contributed by atoms with E-state index in [0.717, 1.165) is 36.0 Å². The number of benzene rings is 1. The maximum absolute atomic E-state index is 14.7. The fourth-order valence-corrected chi connectivity index (χ4v) is 7.39. The summed E-state index contributed by atoms with van der Waals surface area (Å²) in [6, 6.07) is -1.05. The molecule has 3 aliphatic rings. The van der Waals surface area contributed by atoms with Crippen molar-refractivity contribution in [2.24, 2.45) is 17.8 Å². The molecular formula is C46H61FN4O11. The van der Waals surface area contributed by atoms with E-state index in [0.29, 0.717) is 25.0 Å². The number of aromatic hydroxyl groups is 1. The number of hydrogen-bond acceptors (Lipinski definition) is 12. The summed E-state index contributed by atoms with van der Waals surface area (Å²) in [6.45, 7) is 8.50. The topological polar surface area (TPSA) is 221 Å². The molecule has 15 nitrogen and oxygen atoms in total. The Labute approximate surface area is 362 Å². The summed E-state index contributed by atoms with van der Waals surface area (Å²) in [5, 5.41) is 39.3. The predicted molar refractivity (Wildman–Crippen MR) is 226 cm³/mol. The summed E-state index contributed by atoms with van der Waals surface area (Å²) in [5.41, 5.74) is 6.22. The van der Waals surface area contributed by atoms with Crippen LogP contribution in [-0.4, -0.2) is 105 Å². The lowest BCUT2D eigenvalue weighted by Gasteiger charge is -2.36. The smallest absolute Gasteiger partial charge is 0.325 e. The zero-order valence-electron chi connectivity index (χ0n) is 36.1. The molecule has 3 unspecified atom stereocenters. The number of ketones is 2. The maximum Gasteiger partial charge on any atom is 0.325 e. The van der Waals surface area contributed by atoms with Gasteiger partial charge in [-0.25, -0.2) is 9.82 Å². The van der Waals surface area contributed by atoms with Gasteiger partial charge in [-0.3, -0.25) is 29.0 Å². The van der Waals surface area contributed by atoms with Crippen LogP contribution in [0.2, 0.25) is 0 Å². The van der Waals surface area contributed by atoms with Crippen LogP contribution in [0.1, 0.15) is 97.6 Å². The third-order valence-electron chi connectivity index (χ3n) is 11.2. The van der Waals surface area contributed by atoms with Crippen LogP contribution in [0.4, 0.5) is 4.39 Å². The highest BCUT2D eigenvalue weighted by molar-refractivity contribution is 5.94. The van der Waals surface area contributed by atoms with Gasteiger partial charge in [-0.1, -0.05) is 51.2 Å². The van der Waals surface area contributed by atoms with E-state index in [4.69, 9.17) is 9.47 Å². The van der Waals surface area contributed by atoms with Crippen molar-refractivity contribution < 1.29 is 58.0 Å². The first-order chi connectivity index (χ1) is 29.5. The van der Waals surface area contributed by atoms with Crippen molar-refractivity contribution in [2.45, 2.75) is 129 Å². The summed E-state index contributed by atoms with van der Waals surface area (Å²) < 4.78 is 26.3.